The average Bonchev–Trinajstić information content (AvgIpc) is 2.61. The van der Waals surface area contributed by atoms with Gasteiger partial charge in [0.1, 0.15) is 0 Å². The molecule has 0 atom stereocenters. The topological polar surface area (TPSA) is 66.9 Å². The van der Waals surface area contributed by atoms with Crippen LogP contribution in [-0.2, 0) is 0 Å². The van der Waals surface area contributed by atoms with Gasteiger partial charge in [0, 0.05) is 11.8 Å². The summed E-state index contributed by atoms with van der Waals surface area (Å²) in [5, 5.41) is 14.2. The van der Waals surface area contributed by atoms with Gasteiger partial charge >= 0.3 is 6.03 Å². The van der Waals surface area contributed by atoms with E-state index in [0.29, 0.717) is 16.9 Å². The molecule has 0 unspecified atom stereocenters. The second kappa shape index (κ2) is 6.70. The van der Waals surface area contributed by atoms with E-state index < -0.39 is 0 Å². The van der Waals surface area contributed by atoms with Gasteiger partial charge in [-0.1, -0.05) is 43.9 Å². The lowest BCUT2D eigenvalue weighted by atomic mass is 10.5. The quantitative estimate of drug-likeness (QED) is 0.631. The number of nitrogens with one attached hydrogen (secondary N) is 2. The summed E-state index contributed by atoms with van der Waals surface area (Å²) in [5.74, 6) is 0. The van der Waals surface area contributed by atoms with E-state index in [1.165, 1.54) is 11.3 Å². The molecule has 0 aliphatic heterocycles. The molecule has 0 saturated heterocycles. The Morgan fingerprint density at radius 1 is 1.50 bits per heavy atom. The van der Waals surface area contributed by atoms with E-state index in [1.807, 2.05) is 6.92 Å². The number of urea groups is 1. The molecule has 16 heavy (non-hydrogen) atoms. The number of thioether (sulfide) groups is 1. The first kappa shape index (κ1) is 13.2. The molecule has 0 saturated carbocycles. The molecular formula is C9H16N4OS2. The van der Waals surface area contributed by atoms with Crippen LogP contribution < -0.4 is 10.6 Å². The van der Waals surface area contributed by atoms with Crippen LogP contribution in [0.1, 0.15) is 27.2 Å². The Morgan fingerprint density at radius 3 is 2.88 bits per heavy atom. The maximum absolute atomic E-state index is 11.3. The smallest absolute Gasteiger partial charge is 0.321 e. The summed E-state index contributed by atoms with van der Waals surface area (Å²) < 4.78 is 0.876. The third kappa shape index (κ3) is 4.80. The number of nitrogens with zero attached hydrogens (tertiary/aromatic N) is 2. The summed E-state index contributed by atoms with van der Waals surface area (Å²) in [7, 11) is 0. The van der Waals surface area contributed by atoms with Gasteiger partial charge in [-0.3, -0.25) is 5.32 Å². The van der Waals surface area contributed by atoms with Crippen molar-refractivity contribution in [3.63, 3.8) is 0 Å². The summed E-state index contributed by atoms with van der Waals surface area (Å²) >= 11 is 3.03. The zero-order valence-electron chi connectivity index (χ0n) is 9.61. The first-order valence-electron chi connectivity index (χ1n) is 5.16. The number of anilines is 1. The lowest BCUT2D eigenvalue weighted by molar-refractivity contribution is 0.252. The van der Waals surface area contributed by atoms with Gasteiger partial charge in [-0.15, -0.1) is 10.2 Å². The average molecular weight is 260 g/mol. The predicted molar refractivity (Wildman–Crippen MR) is 68.2 cm³/mol. The van der Waals surface area contributed by atoms with E-state index in [1.54, 1.807) is 11.8 Å². The van der Waals surface area contributed by atoms with Crippen molar-refractivity contribution >= 4 is 34.3 Å². The van der Waals surface area contributed by atoms with Crippen molar-refractivity contribution in [1.82, 2.24) is 15.5 Å². The van der Waals surface area contributed by atoms with E-state index in [9.17, 15) is 4.79 Å². The van der Waals surface area contributed by atoms with Crippen molar-refractivity contribution in [2.45, 2.75) is 36.8 Å². The van der Waals surface area contributed by atoms with Crippen LogP contribution in [-0.4, -0.2) is 28.0 Å². The van der Waals surface area contributed by atoms with E-state index >= 15 is 0 Å². The third-order valence-electron chi connectivity index (χ3n) is 1.50. The van der Waals surface area contributed by atoms with Crippen LogP contribution in [0.4, 0.5) is 9.93 Å². The molecule has 0 fully saturated rings. The minimum absolute atomic E-state index is 0.223. The first-order chi connectivity index (χ1) is 7.61. The number of amides is 2. The minimum Gasteiger partial charge on any atom is -0.338 e. The second-order valence-corrected chi connectivity index (χ2v) is 6.22. The normalized spacial score (nSPS) is 10.5. The zero-order chi connectivity index (χ0) is 12.0. The fourth-order valence-corrected chi connectivity index (χ4v) is 2.86. The number of rotatable bonds is 5. The van der Waals surface area contributed by atoms with Gasteiger partial charge in [-0.25, -0.2) is 4.79 Å². The molecule has 7 heteroatoms. The molecule has 2 N–H and O–H groups in total. The van der Waals surface area contributed by atoms with Gasteiger partial charge in [-0.05, 0) is 6.42 Å². The van der Waals surface area contributed by atoms with Crippen molar-refractivity contribution in [3.05, 3.63) is 0 Å². The number of hydrogen-bond acceptors (Lipinski definition) is 5. The Balaban J connectivity index is 2.42. The van der Waals surface area contributed by atoms with Crippen LogP contribution in [0.25, 0.3) is 0 Å². The molecule has 0 aliphatic carbocycles. The molecule has 0 aliphatic rings. The fraction of sp³-hybridized carbons (Fsp3) is 0.667. The van der Waals surface area contributed by atoms with Crippen LogP contribution in [0.2, 0.25) is 0 Å². The predicted octanol–water partition coefficient (Wildman–Crippen LogP) is 2.57. The monoisotopic (exact) mass is 260 g/mol. The van der Waals surface area contributed by atoms with Crippen LogP contribution >= 0.6 is 23.1 Å². The molecule has 1 rings (SSSR count). The van der Waals surface area contributed by atoms with Gasteiger partial charge < -0.3 is 5.32 Å². The standard InChI is InChI=1S/C9H16N4OS2/c1-4-5-10-7(14)11-8-12-13-9(16-8)15-6(2)3/h6H,4-5H2,1-3H3,(H2,10,11,12,14). The Labute approximate surface area is 103 Å². The summed E-state index contributed by atoms with van der Waals surface area (Å²) in [6.07, 6.45) is 0.915. The molecule has 0 aromatic carbocycles. The largest absolute Gasteiger partial charge is 0.338 e. The van der Waals surface area contributed by atoms with Crippen molar-refractivity contribution in [1.29, 1.82) is 0 Å². The molecule has 2 amide bonds. The maximum atomic E-state index is 11.3. The SMILES string of the molecule is CCCNC(=O)Nc1nnc(SC(C)C)s1. The summed E-state index contributed by atoms with van der Waals surface area (Å²) in [6, 6.07) is -0.223. The van der Waals surface area contributed by atoms with Crippen molar-refractivity contribution in [2.75, 3.05) is 11.9 Å². The third-order valence-corrected chi connectivity index (χ3v) is 3.43. The second-order valence-electron chi connectivity index (χ2n) is 3.42. The zero-order valence-corrected chi connectivity index (χ0v) is 11.2. The lowest BCUT2D eigenvalue weighted by Gasteiger charge is -2.01. The number of hydrogen-bond donors (Lipinski definition) is 2. The minimum atomic E-state index is -0.223. The Morgan fingerprint density at radius 2 is 2.25 bits per heavy atom. The molecule has 0 spiro atoms. The fourth-order valence-electron chi connectivity index (χ4n) is 0.889. The van der Waals surface area contributed by atoms with E-state index in [2.05, 4.69) is 34.7 Å². The molecule has 1 aromatic heterocycles. The Hall–Kier alpha value is -0.820. The molecule has 90 valence electrons. The Bertz CT molecular complexity index is 340. The molecular weight excluding hydrogens is 244 g/mol. The number of carbonyl (C=O) groups excluding carboxylic acids is 1. The molecule has 5 nitrogen and oxygen atoms in total. The summed E-state index contributed by atoms with van der Waals surface area (Å²) in [6.45, 7) is 6.85. The van der Waals surface area contributed by atoms with Gasteiger partial charge in [-0.2, -0.15) is 0 Å². The first-order valence-corrected chi connectivity index (χ1v) is 6.86. The highest BCUT2D eigenvalue weighted by molar-refractivity contribution is 8.01. The van der Waals surface area contributed by atoms with Crippen molar-refractivity contribution < 1.29 is 4.79 Å². The lowest BCUT2D eigenvalue weighted by Crippen LogP contribution is -2.29. The molecule has 0 bridgehead atoms. The molecule has 1 heterocycles. The highest BCUT2D eigenvalue weighted by Crippen LogP contribution is 2.28. The summed E-state index contributed by atoms with van der Waals surface area (Å²) in [4.78, 5) is 11.3. The summed E-state index contributed by atoms with van der Waals surface area (Å²) in [5.41, 5.74) is 0. The van der Waals surface area contributed by atoms with Crippen LogP contribution in [0.5, 0.6) is 0 Å². The molecule has 0 radical (unpaired) electrons. The van der Waals surface area contributed by atoms with Crippen LogP contribution in [0, 0.1) is 0 Å². The number of carbonyl (C=O) groups is 1. The van der Waals surface area contributed by atoms with Crippen LogP contribution in [0.3, 0.4) is 0 Å². The highest BCUT2D eigenvalue weighted by Gasteiger charge is 2.08. The van der Waals surface area contributed by atoms with Gasteiger partial charge in [0.25, 0.3) is 0 Å². The maximum Gasteiger partial charge on any atom is 0.321 e. The van der Waals surface area contributed by atoms with Crippen molar-refractivity contribution in [3.8, 4) is 0 Å². The highest BCUT2D eigenvalue weighted by atomic mass is 32.2. The van der Waals surface area contributed by atoms with Crippen molar-refractivity contribution in [2.24, 2.45) is 0 Å². The Kier molecular flexibility index (Phi) is 5.54. The van der Waals surface area contributed by atoms with Gasteiger partial charge in [0.2, 0.25) is 5.13 Å². The van der Waals surface area contributed by atoms with E-state index in [-0.39, 0.29) is 6.03 Å². The van der Waals surface area contributed by atoms with E-state index in [4.69, 9.17) is 0 Å². The number of aromatic nitrogens is 2. The van der Waals surface area contributed by atoms with E-state index in [0.717, 1.165) is 10.8 Å². The van der Waals surface area contributed by atoms with Gasteiger partial charge in [0.05, 0.1) is 0 Å². The molecule has 1 aromatic rings. The van der Waals surface area contributed by atoms with Crippen LogP contribution in [0.15, 0.2) is 4.34 Å². The van der Waals surface area contributed by atoms with Gasteiger partial charge in [0.15, 0.2) is 4.34 Å².